The molecule has 2 radical (unpaired) electrons. The van der Waals surface area contributed by atoms with Gasteiger partial charge in [0.1, 0.15) is 0 Å². The maximum absolute atomic E-state index is 10.1. The first kappa shape index (κ1) is 31.8. The summed E-state index contributed by atoms with van der Waals surface area (Å²) in [4.78, 5) is 4.76. The summed E-state index contributed by atoms with van der Waals surface area (Å²) in [5, 5.41) is 10.1. The first-order valence-corrected chi connectivity index (χ1v) is 13.0. The molecule has 2 aromatic carbocycles. The zero-order valence-electron chi connectivity index (χ0n) is 23.8. The fourth-order valence-electron chi connectivity index (χ4n) is 4.42. The number of hydrogen-bond donors (Lipinski definition) is 0. The summed E-state index contributed by atoms with van der Waals surface area (Å²) >= 11 is 0. The molecule has 0 spiro atoms. The zero-order valence-corrected chi connectivity index (χ0v) is 26.0. The minimum Gasteiger partial charge on any atom is -0.850 e. The molecule has 0 amide bonds. The summed E-state index contributed by atoms with van der Waals surface area (Å²) in [6.45, 7) is 29.0. The molecule has 1 fully saturated rings. The number of hydrogen-bond acceptors (Lipinski definition) is 3. The van der Waals surface area contributed by atoms with E-state index in [-0.39, 0.29) is 22.4 Å². The molecule has 1 heterocycles. The van der Waals surface area contributed by atoms with Crippen molar-refractivity contribution in [1.82, 2.24) is 0 Å². The summed E-state index contributed by atoms with van der Waals surface area (Å²) in [6, 6.07) is 13.6. The molecule has 3 nitrogen and oxygen atoms in total. The van der Waals surface area contributed by atoms with Crippen LogP contribution in [0, 0.1) is 6.67 Å². The van der Waals surface area contributed by atoms with Crippen molar-refractivity contribution in [2.45, 2.75) is 105 Å². The van der Waals surface area contributed by atoms with Crippen molar-refractivity contribution in [3.8, 4) is 0 Å². The van der Waals surface area contributed by atoms with Crippen LogP contribution in [0.1, 0.15) is 122 Å². The van der Waals surface area contributed by atoms with Gasteiger partial charge in [-0.15, -0.1) is 5.60 Å². The van der Waals surface area contributed by atoms with E-state index in [4.69, 9.17) is 0 Å². The van der Waals surface area contributed by atoms with Crippen molar-refractivity contribution in [3.05, 3.63) is 65.3 Å². The molecule has 0 aliphatic carbocycles. The first-order chi connectivity index (χ1) is 15.7. The molecule has 2 aromatic rings. The molecule has 0 atom stereocenters. The van der Waals surface area contributed by atoms with E-state index in [9.17, 15) is 5.11 Å². The van der Waals surface area contributed by atoms with Gasteiger partial charge in [0.25, 0.3) is 0 Å². The molecular weight excluding hydrogens is 613 g/mol. The molecule has 0 unspecified atom stereocenters. The van der Waals surface area contributed by atoms with Crippen molar-refractivity contribution in [2.75, 3.05) is 22.9 Å². The van der Waals surface area contributed by atoms with Crippen LogP contribution >= 0.6 is 0 Å². The third-order valence-electron chi connectivity index (χ3n) is 6.01. The van der Waals surface area contributed by atoms with Gasteiger partial charge in [0.2, 0.25) is 6.67 Å². The maximum Gasteiger partial charge on any atom is 1.00 e. The van der Waals surface area contributed by atoms with E-state index in [2.05, 4.69) is 108 Å². The minimum atomic E-state index is -0.750. The second-order valence-electron chi connectivity index (χ2n) is 11.7. The Morgan fingerprint density at radius 2 is 0.857 bits per heavy atom. The van der Waals surface area contributed by atoms with Crippen molar-refractivity contribution in [2.24, 2.45) is 0 Å². The van der Waals surface area contributed by atoms with Gasteiger partial charge in [-0.2, -0.15) is 0 Å². The Bertz CT molecular complexity index is 800. The fourth-order valence-corrected chi connectivity index (χ4v) is 4.42. The molecule has 35 heavy (non-hydrogen) atoms. The molecular formula is C31H47AuN2O. The van der Waals surface area contributed by atoms with Crippen LogP contribution in [0.4, 0.5) is 11.4 Å². The summed E-state index contributed by atoms with van der Waals surface area (Å²) < 4.78 is 0. The Labute approximate surface area is 231 Å². The molecule has 4 heteroatoms. The van der Waals surface area contributed by atoms with Crippen molar-refractivity contribution in [1.29, 1.82) is 0 Å². The average molecular weight is 661 g/mol. The van der Waals surface area contributed by atoms with Gasteiger partial charge >= 0.3 is 22.4 Å². The molecule has 198 valence electrons. The Kier molecular flexibility index (Phi) is 12.1. The standard InChI is InChI=1S/C27H38N2.C4H9O.Au/c1-18(2)22-11-9-12-23(19(3)4)26(22)28-15-16-29(17-28)27-24(20(5)6)13-10-14-25(27)21(7)8;1-4(2,3)5;/h9-14,18-21H,15-16H2,1-8H3;1-3H3;/q;-1;+1. The van der Waals surface area contributed by atoms with Crippen LogP contribution in [-0.2, 0) is 22.4 Å². The van der Waals surface area contributed by atoms with Gasteiger partial charge in [-0.25, -0.2) is 0 Å². The molecule has 1 aliphatic heterocycles. The van der Waals surface area contributed by atoms with Gasteiger partial charge in [-0.3, -0.25) is 0 Å². The largest absolute Gasteiger partial charge is 1.00 e. The third-order valence-corrected chi connectivity index (χ3v) is 6.01. The van der Waals surface area contributed by atoms with Crippen molar-refractivity contribution in [3.63, 3.8) is 0 Å². The van der Waals surface area contributed by atoms with Crippen LogP contribution in [-0.4, -0.2) is 18.7 Å². The van der Waals surface area contributed by atoms with E-state index < -0.39 is 5.60 Å². The normalized spacial score (nSPS) is 14.1. The molecule has 0 N–H and O–H groups in total. The van der Waals surface area contributed by atoms with Gasteiger partial charge < -0.3 is 14.9 Å². The molecule has 3 rings (SSSR count). The fraction of sp³-hybridized carbons (Fsp3) is 0.581. The van der Waals surface area contributed by atoms with E-state index >= 15 is 0 Å². The topological polar surface area (TPSA) is 29.5 Å². The summed E-state index contributed by atoms with van der Waals surface area (Å²) in [7, 11) is 0. The van der Waals surface area contributed by atoms with Crippen molar-refractivity contribution >= 4 is 11.4 Å². The Morgan fingerprint density at radius 1 is 0.629 bits per heavy atom. The molecule has 1 saturated heterocycles. The molecule has 0 bridgehead atoms. The maximum atomic E-state index is 10.1. The van der Waals surface area contributed by atoms with Crippen LogP contribution < -0.4 is 14.9 Å². The Hall–Kier alpha value is -1.26. The third kappa shape index (κ3) is 8.67. The van der Waals surface area contributed by atoms with Crippen LogP contribution in [0.15, 0.2) is 36.4 Å². The van der Waals surface area contributed by atoms with Crippen LogP contribution in [0.5, 0.6) is 0 Å². The first-order valence-electron chi connectivity index (χ1n) is 13.0. The SMILES string of the molecule is CC(C)(C)[O-].CC(C)c1cccc(C(C)C)c1N1[C]N(c2c(C(C)C)cccc2C(C)C)CC1.[Au+]. The number of anilines is 2. The molecule has 0 aromatic heterocycles. The van der Waals surface area contributed by atoms with E-state index in [1.54, 1.807) is 20.8 Å². The van der Waals surface area contributed by atoms with E-state index in [1.807, 2.05) is 0 Å². The van der Waals surface area contributed by atoms with Gasteiger partial charge in [-0.1, -0.05) is 113 Å². The zero-order chi connectivity index (χ0) is 25.8. The molecule has 0 saturated carbocycles. The number of benzene rings is 2. The number of rotatable bonds is 6. The van der Waals surface area contributed by atoms with Gasteiger partial charge in [-0.05, 0) is 45.9 Å². The van der Waals surface area contributed by atoms with E-state index in [0.29, 0.717) is 23.7 Å². The summed E-state index contributed by atoms with van der Waals surface area (Å²) in [5.41, 5.74) is 7.68. The van der Waals surface area contributed by atoms with Gasteiger partial charge in [0.15, 0.2) is 0 Å². The number of nitrogens with zero attached hydrogens (tertiary/aromatic N) is 2. The molecule has 1 aliphatic rings. The Balaban J connectivity index is 0.000000927. The summed E-state index contributed by atoms with van der Waals surface area (Å²) in [5.74, 6) is 1.98. The second kappa shape index (κ2) is 13.3. The second-order valence-corrected chi connectivity index (χ2v) is 11.7. The predicted octanol–water partition coefficient (Wildman–Crippen LogP) is 7.65. The van der Waals surface area contributed by atoms with Gasteiger partial charge in [0, 0.05) is 24.5 Å². The smallest absolute Gasteiger partial charge is 0.850 e. The Morgan fingerprint density at radius 3 is 1.06 bits per heavy atom. The summed E-state index contributed by atoms with van der Waals surface area (Å²) in [6.07, 6.45) is 0. The van der Waals surface area contributed by atoms with E-state index in [0.717, 1.165) is 13.1 Å². The quantitative estimate of drug-likeness (QED) is 0.299. The van der Waals surface area contributed by atoms with Crippen LogP contribution in [0.25, 0.3) is 0 Å². The van der Waals surface area contributed by atoms with Crippen LogP contribution in [0.2, 0.25) is 0 Å². The van der Waals surface area contributed by atoms with E-state index in [1.165, 1.54) is 33.6 Å². The monoisotopic (exact) mass is 660 g/mol. The minimum absolute atomic E-state index is 0. The average Bonchev–Trinajstić information content (AvgIpc) is 3.20. The van der Waals surface area contributed by atoms with Crippen LogP contribution in [0.3, 0.4) is 0 Å². The van der Waals surface area contributed by atoms with Crippen molar-refractivity contribution < 1.29 is 27.5 Å². The number of para-hydroxylation sites is 2. The predicted molar refractivity (Wildman–Crippen MR) is 147 cm³/mol. The van der Waals surface area contributed by atoms with Gasteiger partial charge in [0.05, 0.1) is 0 Å².